The van der Waals surface area contributed by atoms with Gasteiger partial charge in [0.15, 0.2) is 0 Å². The SMILES string of the molecule is O=C(O)CCCNCc1ccc2[nH]c(=O)[nH]c2c1. The first kappa shape index (κ1) is 12.4. The zero-order valence-corrected chi connectivity index (χ0v) is 9.82. The van der Waals surface area contributed by atoms with E-state index in [0.29, 0.717) is 19.5 Å². The molecule has 2 aromatic rings. The molecule has 18 heavy (non-hydrogen) atoms. The fourth-order valence-electron chi connectivity index (χ4n) is 1.79. The van der Waals surface area contributed by atoms with E-state index >= 15 is 0 Å². The minimum Gasteiger partial charge on any atom is -0.481 e. The van der Waals surface area contributed by atoms with Gasteiger partial charge in [0.1, 0.15) is 0 Å². The first-order chi connectivity index (χ1) is 8.65. The average molecular weight is 249 g/mol. The van der Waals surface area contributed by atoms with Crippen LogP contribution in [0.1, 0.15) is 18.4 Å². The first-order valence-electron chi connectivity index (χ1n) is 5.78. The number of fused-ring (bicyclic) bond motifs is 1. The maximum Gasteiger partial charge on any atom is 0.323 e. The van der Waals surface area contributed by atoms with E-state index in [1.807, 2.05) is 18.2 Å². The van der Waals surface area contributed by atoms with Crippen LogP contribution in [0.15, 0.2) is 23.0 Å². The van der Waals surface area contributed by atoms with Crippen molar-refractivity contribution in [2.24, 2.45) is 0 Å². The van der Waals surface area contributed by atoms with Gasteiger partial charge < -0.3 is 20.4 Å². The highest BCUT2D eigenvalue weighted by Gasteiger charge is 2.00. The summed E-state index contributed by atoms with van der Waals surface area (Å²) >= 11 is 0. The number of hydrogen-bond donors (Lipinski definition) is 4. The molecule has 0 aliphatic heterocycles. The van der Waals surface area contributed by atoms with Crippen molar-refractivity contribution in [3.05, 3.63) is 34.2 Å². The molecule has 4 N–H and O–H groups in total. The first-order valence-corrected chi connectivity index (χ1v) is 5.78. The summed E-state index contributed by atoms with van der Waals surface area (Å²) in [4.78, 5) is 26.8. The Bertz CT molecular complexity index is 600. The van der Waals surface area contributed by atoms with Crippen LogP contribution in [-0.2, 0) is 11.3 Å². The Morgan fingerprint density at radius 2 is 2.06 bits per heavy atom. The summed E-state index contributed by atoms with van der Waals surface area (Å²) in [5, 5.41) is 11.6. The van der Waals surface area contributed by atoms with Crippen LogP contribution in [0, 0.1) is 0 Å². The molecule has 0 atom stereocenters. The van der Waals surface area contributed by atoms with E-state index in [1.165, 1.54) is 0 Å². The van der Waals surface area contributed by atoms with Gasteiger partial charge in [-0.1, -0.05) is 6.07 Å². The molecule has 1 aromatic heterocycles. The summed E-state index contributed by atoms with van der Waals surface area (Å²) in [6, 6.07) is 5.68. The van der Waals surface area contributed by atoms with Gasteiger partial charge in [0.25, 0.3) is 0 Å². The van der Waals surface area contributed by atoms with Crippen LogP contribution in [0.3, 0.4) is 0 Å². The molecule has 1 aromatic carbocycles. The lowest BCUT2D eigenvalue weighted by molar-refractivity contribution is -0.137. The molecule has 0 spiro atoms. The van der Waals surface area contributed by atoms with Gasteiger partial charge in [0.2, 0.25) is 0 Å². The predicted octanol–water partition coefficient (Wildman–Crippen LogP) is 0.811. The number of carboxylic acid groups (broad SMARTS) is 1. The Hall–Kier alpha value is -2.08. The van der Waals surface area contributed by atoms with Crippen molar-refractivity contribution in [3.8, 4) is 0 Å². The Kier molecular flexibility index (Phi) is 3.78. The van der Waals surface area contributed by atoms with Crippen LogP contribution in [0.5, 0.6) is 0 Å². The smallest absolute Gasteiger partial charge is 0.323 e. The van der Waals surface area contributed by atoms with Crippen molar-refractivity contribution in [3.63, 3.8) is 0 Å². The lowest BCUT2D eigenvalue weighted by atomic mass is 10.2. The van der Waals surface area contributed by atoms with Gasteiger partial charge in [0, 0.05) is 13.0 Å². The molecule has 0 aliphatic rings. The van der Waals surface area contributed by atoms with Crippen molar-refractivity contribution >= 4 is 17.0 Å². The fourth-order valence-corrected chi connectivity index (χ4v) is 1.79. The van der Waals surface area contributed by atoms with Crippen LogP contribution in [0.4, 0.5) is 0 Å². The quantitative estimate of drug-likeness (QED) is 0.569. The van der Waals surface area contributed by atoms with E-state index in [4.69, 9.17) is 5.11 Å². The van der Waals surface area contributed by atoms with Crippen LogP contribution in [0.25, 0.3) is 11.0 Å². The second kappa shape index (κ2) is 5.50. The Morgan fingerprint density at radius 1 is 1.28 bits per heavy atom. The second-order valence-electron chi connectivity index (χ2n) is 4.13. The predicted molar refractivity (Wildman–Crippen MR) is 67.5 cm³/mol. The normalized spacial score (nSPS) is 10.9. The number of hydrogen-bond acceptors (Lipinski definition) is 3. The van der Waals surface area contributed by atoms with Gasteiger partial charge in [-0.25, -0.2) is 4.79 Å². The molecule has 0 amide bonds. The number of rotatable bonds is 6. The molecule has 0 saturated carbocycles. The van der Waals surface area contributed by atoms with Crippen LogP contribution in [0.2, 0.25) is 0 Å². The second-order valence-corrected chi connectivity index (χ2v) is 4.13. The number of aromatic nitrogens is 2. The summed E-state index contributed by atoms with van der Waals surface area (Å²) in [7, 11) is 0. The van der Waals surface area contributed by atoms with Crippen molar-refractivity contribution < 1.29 is 9.90 Å². The van der Waals surface area contributed by atoms with Crippen LogP contribution >= 0.6 is 0 Å². The number of aromatic amines is 2. The molecule has 0 bridgehead atoms. The lowest BCUT2D eigenvalue weighted by Crippen LogP contribution is -2.15. The summed E-state index contributed by atoms with van der Waals surface area (Å²) < 4.78 is 0. The third kappa shape index (κ3) is 3.21. The maximum atomic E-state index is 11.1. The van der Waals surface area contributed by atoms with Crippen molar-refractivity contribution in [2.45, 2.75) is 19.4 Å². The third-order valence-electron chi connectivity index (χ3n) is 2.65. The van der Waals surface area contributed by atoms with Gasteiger partial charge in [-0.15, -0.1) is 0 Å². The standard InChI is InChI=1S/C12H15N3O3/c16-11(17)2-1-5-13-7-8-3-4-9-10(6-8)15-12(18)14-9/h3-4,6,13H,1-2,5,7H2,(H,16,17)(H2,14,15,18). The molecule has 6 nitrogen and oxygen atoms in total. The molecule has 0 radical (unpaired) electrons. The average Bonchev–Trinajstić information content (AvgIpc) is 2.67. The van der Waals surface area contributed by atoms with E-state index in [9.17, 15) is 9.59 Å². The maximum absolute atomic E-state index is 11.1. The molecule has 0 aliphatic carbocycles. The number of carboxylic acids is 1. The Balaban J connectivity index is 1.87. The van der Waals surface area contributed by atoms with Gasteiger partial charge in [-0.3, -0.25) is 4.79 Å². The van der Waals surface area contributed by atoms with Crippen LogP contribution in [-0.4, -0.2) is 27.6 Å². The summed E-state index contributed by atoms with van der Waals surface area (Å²) in [5.74, 6) is -0.775. The highest BCUT2D eigenvalue weighted by atomic mass is 16.4. The fraction of sp³-hybridized carbons (Fsp3) is 0.333. The van der Waals surface area contributed by atoms with Crippen molar-refractivity contribution in [1.82, 2.24) is 15.3 Å². The highest BCUT2D eigenvalue weighted by molar-refractivity contribution is 5.74. The number of nitrogens with one attached hydrogen (secondary N) is 3. The van der Waals surface area contributed by atoms with E-state index in [1.54, 1.807) is 0 Å². The minimum atomic E-state index is -0.775. The minimum absolute atomic E-state index is 0.178. The third-order valence-corrected chi connectivity index (χ3v) is 2.65. The molecule has 6 heteroatoms. The summed E-state index contributed by atoms with van der Waals surface area (Å²) in [5.41, 5.74) is 2.41. The topological polar surface area (TPSA) is 98.0 Å². The van der Waals surface area contributed by atoms with Gasteiger partial charge in [-0.05, 0) is 30.7 Å². The molecule has 96 valence electrons. The Labute approximate surface area is 103 Å². The van der Waals surface area contributed by atoms with E-state index in [-0.39, 0.29) is 12.1 Å². The molecule has 0 fully saturated rings. The van der Waals surface area contributed by atoms with Gasteiger partial charge in [-0.2, -0.15) is 0 Å². The number of H-pyrrole nitrogens is 2. The van der Waals surface area contributed by atoms with Gasteiger partial charge in [0.05, 0.1) is 11.0 Å². The Morgan fingerprint density at radius 3 is 2.83 bits per heavy atom. The lowest BCUT2D eigenvalue weighted by Gasteiger charge is -2.03. The van der Waals surface area contributed by atoms with Crippen molar-refractivity contribution in [1.29, 1.82) is 0 Å². The molecule has 1 heterocycles. The zero-order valence-electron chi connectivity index (χ0n) is 9.82. The molecular formula is C12H15N3O3. The van der Waals surface area contributed by atoms with Gasteiger partial charge >= 0.3 is 11.7 Å². The molecule has 2 rings (SSSR count). The summed E-state index contributed by atoms with van der Waals surface area (Å²) in [6.07, 6.45) is 0.787. The van der Waals surface area contributed by atoms with Crippen LogP contribution < -0.4 is 11.0 Å². The number of aliphatic carboxylic acids is 1. The number of imidazole rings is 1. The largest absolute Gasteiger partial charge is 0.481 e. The molecular weight excluding hydrogens is 234 g/mol. The van der Waals surface area contributed by atoms with E-state index in [2.05, 4.69) is 15.3 Å². The van der Waals surface area contributed by atoms with E-state index in [0.717, 1.165) is 16.6 Å². The molecule has 0 saturated heterocycles. The molecule has 0 unspecified atom stereocenters. The monoisotopic (exact) mass is 249 g/mol. The highest BCUT2D eigenvalue weighted by Crippen LogP contribution is 2.09. The summed E-state index contributed by atoms with van der Waals surface area (Å²) in [6.45, 7) is 1.32. The number of benzene rings is 1. The number of carbonyl (C=O) groups is 1. The van der Waals surface area contributed by atoms with Crippen molar-refractivity contribution in [2.75, 3.05) is 6.54 Å². The van der Waals surface area contributed by atoms with E-state index < -0.39 is 5.97 Å². The zero-order chi connectivity index (χ0) is 13.0.